The van der Waals surface area contributed by atoms with E-state index in [2.05, 4.69) is 0 Å². The molecule has 0 spiro atoms. The number of hydrogen-bond acceptors (Lipinski definition) is 6. The highest BCUT2D eigenvalue weighted by molar-refractivity contribution is 7.90. The van der Waals surface area contributed by atoms with E-state index < -0.39 is 21.8 Å². The van der Waals surface area contributed by atoms with Gasteiger partial charge in [-0.1, -0.05) is 44.4 Å². The van der Waals surface area contributed by atoms with Crippen LogP contribution in [-0.4, -0.2) is 37.6 Å². The first-order chi connectivity index (χ1) is 14.4. The number of sulfonamides is 1. The summed E-state index contributed by atoms with van der Waals surface area (Å²) in [5.41, 5.74) is 0. The van der Waals surface area contributed by atoms with Crippen molar-refractivity contribution in [3.63, 3.8) is 0 Å². The molecule has 2 aromatic carbocycles. The Balaban J connectivity index is 2.06. The summed E-state index contributed by atoms with van der Waals surface area (Å²) in [5, 5.41) is 9.77. The Morgan fingerprint density at radius 2 is 1.73 bits per heavy atom. The molecular weight excluding hydrogens is 408 g/mol. The molecule has 0 aliphatic rings. The standard InChI is InChI=1S/C21H26N2O6S/c1-2-3-5-8-17(15-23(26)16-24)21(25)22-30(27,28)20-13-11-19(12-14-20)29-18-9-6-4-7-10-18/h4,6-7,9-14,16-17,26H,2-3,5,8,15H2,1H3,(H,22,25). The SMILES string of the molecule is CCCCCC(CN(O)C=O)C(=O)NS(=O)(=O)c1ccc(Oc2ccccc2)cc1. The van der Waals surface area contributed by atoms with Crippen molar-refractivity contribution < 1.29 is 28.0 Å². The van der Waals surface area contributed by atoms with Gasteiger partial charge in [0.15, 0.2) is 0 Å². The summed E-state index contributed by atoms with van der Waals surface area (Å²) in [6.45, 7) is 1.72. The zero-order valence-corrected chi connectivity index (χ0v) is 17.5. The maximum Gasteiger partial charge on any atom is 0.264 e. The molecule has 2 rings (SSSR count). The maximum absolute atomic E-state index is 12.6. The second-order valence-corrected chi connectivity index (χ2v) is 8.46. The Morgan fingerprint density at radius 1 is 1.10 bits per heavy atom. The predicted molar refractivity (Wildman–Crippen MR) is 110 cm³/mol. The van der Waals surface area contributed by atoms with Gasteiger partial charge in [0.1, 0.15) is 11.5 Å². The lowest BCUT2D eigenvalue weighted by Gasteiger charge is -2.19. The fraction of sp³-hybridized carbons (Fsp3) is 0.333. The fourth-order valence-electron chi connectivity index (χ4n) is 2.80. The molecule has 9 heteroatoms. The average Bonchev–Trinajstić information content (AvgIpc) is 2.73. The van der Waals surface area contributed by atoms with Crippen LogP contribution in [0.15, 0.2) is 59.5 Å². The first kappa shape index (κ1) is 23.4. The van der Waals surface area contributed by atoms with E-state index in [0.717, 1.165) is 12.8 Å². The van der Waals surface area contributed by atoms with E-state index in [9.17, 15) is 23.2 Å². The number of hydroxylamine groups is 2. The molecule has 0 aliphatic heterocycles. The second kappa shape index (κ2) is 11.3. The monoisotopic (exact) mass is 434 g/mol. The topological polar surface area (TPSA) is 113 Å². The molecule has 0 aliphatic carbocycles. The van der Waals surface area contributed by atoms with Crippen molar-refractivity contribution in [1.29, 1.82) is 0 Å². The molecular formula is C21H26N2O6S. The third-order valence-corrected chi connectivity index (χ3v) is 5.77. The lowest BCUT2D eigenvalue weighted by Crippen LogP contribution is -2.40. The number of para-hydroxylation sites is 1. The number of rotatable bonds is 12. The molecule has 8 nitrogen and oxygen atoms in total. The molecule has 30 heavy (non-hydrogen) atoms. The van der Waals surface area contributed by atoms with Crippen LogP contribution in [0, 0.1) is 5.92 Å². The van der Waals surface area contributed by atoms with Crippen LogP contribution in [0.5, 0.6) is 11.5 Å². The minimum Gasteiger partial charge on any atom is -0.457 e. The lowest BCUT2D eigenvalue weighted by molar-refractivity contribution is -0.154. The second-order valence-electron chi connectivity index (χ2n) is 6.78. The highest BCUT2D eigenvalue weighted by atomic mass is 32.2. The van der Waals surface area contributed by atoms with Crippen LogP contribution < -0.4 is 9.46 Å². The van der Waals surface area contributed by atoms with Gasteiger partial charge in [-0.2, -0.15) is 0 Å². The van der Waals surface area contributed by atoms with E-state index in [1.165, 1.54) is 24.3 Å². The van der Waals surface area contributed by atoms with Gasteiger partial charge in [0.25, 0.3) is 10.0 Å². The third-order valence-electron chi connectivity index (χ3n) is 4.40. The molecule has 2 amide bonds. The zero-order chi connectivity index (χ0) is 22.0. The van der Waals surface area contributed by atoms with Crippen molar-refractivity contribution in [3.05, 3.63) is 54.6 Å². The number of hydrogen-bond donors (Lipinski definition) is 2. The number of ether oxygens (including phenoxy) is 1. The molecule has 1 atom stereocenters. The summed E-state index contributed by atoms with van der Waals surface area (Å²) in [6, 6.07) is 14.7. The zero-order valence-electron chi connectivity index (χ0n) is 16.7. The van der Waals surface area contributed by atoms with Gasteiger partial charge in [-0.3, -0.25) is 14.8 Å². The summed E-state index contributed by atoms with van der Waals surface area (Å²) in [7, 11) is -4.11. The number of nitrogens with zero attached hydrogens (tertiary/aromatic N) is 1. The molecule has 0 saturated carbocycles. The van der Waals surface area contributed by atoms with Crippen molar-refractivity contribution in [3.8, 4) is 11.5 Å². The summed E-state index contributed by atoms with van der Waals surface area (Å²) in [4.78, 5) is 23.1. The van der Waals surface area contributed by atoms with E-state index in [4.69, 9.17) is 4.74 Å². The van der Waals surface area contributed by atoms with Crippen molar-refractivity contribution >= 4 is 22.3 Å². The quantitative estimate of drug-likeness (QED) is 0.229. The van der Waals surface area contributed by atoms with Crippen molar-refractivity contribution in [2.75, 3.05) is 6.54 Å². The number of benzene rings is 2. The molecule has 0 aromatic heterocycles. The predicted octanol–water partition coefficient (Wildman–Crippen LogP) is 3.33. The van der Waals surface area contributed by atoms with Crippen LogP contribution >= 0.6 is 0 Å². The highest BCUT2D eigenvalue weighted by Gasteiger charge is 2.26. The summed E-state index contributed by atoms with van der Waals surface area (Å²) < 4.78 is 32.8. The molecule has 0 heterocycles. The number of carbonyl (C=O) groups excluding carboxylic acids is 2. The molecule has 162 valence electrons. The Kier molecular flexibility index (Phi) is 8.82. The van der Waals surface area contributed by atoms with Gasteiger partial charge in [-0.25, -0.2) is 18.2 Å². The Morgan fingerprint density at radius 3 is 2.33 bits per heavy atom. The maximum atomic E-state index is 12.6. The van der Waals surface area contributed by atoms with Gasteiger partial charge in [-0.15, -0.1) is 0 Å². The van der Waals surface area contributed by atoms with Crippen LogP contribution in [0.1, 0.15) is 32.6 Å². The summed E-state index contributed by atoms with van der Waals surface area (Å²) in [6.07, 6.45) is 2.98. The van der Waals surface area contributed by atoms with Crippen molar-refractivity contribution in [1.82, 2.24) is 9.79 Å². The normalized spacial score (nSPS) is 12.1. The highest BCUT2D eigenvalue weighted by Crippen LogP contribution is 2.23. The molecule has 2 N–H and O–H groups in total. The number of amides is 2. The molecule has 1 unspecified atom stereocenters. The van der Waals surface area contributed by atoms with Gasteiger partial charge in [-0.05, 0) is 42.8 Å². The molecule has 0 bridgehead atoms. The van der Waals surface area contributed by atoms with Crippen LogP contribution in [-0.2, 0) is 19.6 Å². The molecule has 0 radical (unpaired) electrons. The van der Waals surface area contributed by atoms with Crippen molar-refractivity contribution in [2.24, 2.45) is 5.92 Å². The van der Waals surface area contributed by atoms with Gasteiger partial charge >= 0.3 is 0 Å². The summed E-state index contributed by atoms with van der Waals surface area (Å²) in [5.74, 6) is -0.551. The third kappa shape index (κ3) is 7.16. The largest absolute Gasteiger partial charge is 0.457 e. The van der Waals surface area contributed by atoms with Crippen molar-refractivity contribution in [2.45, 2.75) is 37.5 Å². The Hall–Kier alpha value is -2.91. The minimum absolute atomic E-state index is 0.0974. The minimum atomic E-state index is -4.11. The number of carbonyl (C=O) groups is 2. The first-order valence-electron chi connectivity index (χ1n) is 9.66. The van der Waals surface area contributed by atoms with E-state index >= 15 is 0 Å². The summed E-state index contributed by atoms with van der Waals surface area (Å²) >= 11 is 0. The van der Waals surface area contributed by atoms with Crippen LogP contribution in [0.3, 0.4) is 0 Å². The lowest BCUT2D eigenvalue weighted by atomic mass is 10.0. The van der Waals surface area contributed by atoms with Crippen LogP contribution in [0.25, 0.3) is 0 Å². The van der Waals surface area contributed by atoms with Gasteiger partial charge < -0.3 is 4.74 Å². The Labute approximate surface area is 176 Å². The van der Waals surface area contributed by atoms with Crippen LogP contribution in [0.2, 0.25) is 0 Å². The fourth-order valence-corrected chi connectivity index (χ4v) is 3.84. The van der Waals surface area contributed by atoms with E-state index in [1.807, 2.05) is 29.8 Å². The van der Waals surface area contributed by atoms with Gasteiger partial charge in [0, 0.05) is 0 Å². The van der Waals surface area contributed by atoms with Gasteiger partial charge in [0.05, 0.1) is 17.4 Å². The Bertz CT molecular complexity index is 916. The smallest absolute Gasteiger partial charge is 0.264 e. The number of unbranched alkanes of at least 4 members (excludes halogenated alkanes) is 2. The van der Waals surface area contributed by atoms with Gasteiger partial charge in [0.2, 0.25) is 12.3 Å². The molecule has 2 aromatic rings. The molecule has 0 fully saturated rings. The molecule has 0 saturated heterocycles. The van der Waals surface area contributed by atoms with Crippen LogP contribution in [0.4, 0.5) is 0 Å². The number of nitrogens with one attached hydrogen (secondary N) is 1. The average molecular weight is 435 g/mol. The van der Waals surface area contributed by atoms with E-state index in [0.29, 0.717) is 29.4 Å². The first-order valence-corrected chi connectivity index (χ1v) is 11.1. The van der Waals surface area contributed by atoms with E-state index in [-0.39, 0.29) is 17.9 Å². The van der Waals surface area contributed by atoms with E-state index in [1.54, 1.807) is 12.1 Å².